The maximum Gasteiger partial charge on any atom is 0.267 e. The number of carbonyl (C=O) groups excluding carboxylic acids is 1. The van der Waals surface area contributed by atoms with E-state index in [4.69, 9.17) is 11.6 Å². The molecule has 2 N–H and O–H groups in total. The van der Waals surface area contributed by atoms with E-state index < -0.39 is 11.5 Å². The molecule has 7 nitrogen and oxygen atoms in total. The van der Waals surface area contributed by atoms with E-state index in [1.54, 1.807) is 55.5 Å². The van der Waals surface area contributed by atoms with Crippen LogP contribution in [0.4, 0.5) is 5.13 Å². The molecule has 0 fully saturated rings. The number of benzene rings is 2. The fourth-order valence-corrected chi connectivity index (χ4v) is 3.92. The summed E-state index contributed by atoms with van der Waals surface area (Å²) in [6, 6.07) is 14.0. The Morgan fingerprint density at radius 2 is 1.90 bits per heavy atom. The van der Waals surface area contributed by atoms with E-state index in [1.807, 2.05) is 0 Å². The number of anilines is 1. The van der Waals surface area contributed by atoms with Crippen LogP contribution in [0, 0.1) is 0 Å². The van der Waals surface area contributed by atoms with Crippen molar-refractivity contribution in [2.75, 3.05) is 5.32 Å². The van der Waals surface area contributed by atoms with Crippen LogP contribution in [-0.2, 0) is 6.54 Å². The van der Waals surface area contributed by atoms with Gasteiger partial charge in [0.15, 0.2) is 0 Å². The molecule has 2 aromatic carbocycles. The average molecular weight is 427 g/mol. The predicted molar refractivity (Wildman–Crippen MR) is 114 cm³/mol. The topological polar surface area (TPSA) is 97.1 Å². The summed E-state index contributed by atoms with van der Waals surface area (Å²) in [7, 11) is 0. The third-order valence-corrected chi connectivity index (χ3v) is 5.57. The summed E-state index contributed by atoms with van der Waals surface area (Å²) >= 11 is 7.04. The molecule has 9 heteroatoms. The monoisotopic (exact) mass is 426 g/mol. The van der Waals surface area contributed by atoms with Gasteiger partial charge in [0.2, 0.25) is 5.13 Å². The third kappa shape index (κ3) is 3.48. The molecule has 4 rings (SSSR count). The number of hydrogen-bond donors (Lipinski definition) is 2. The molecular weight excluding hydrogens is 412 g/mol. The Labute approximate surface area is 174 Å². The lowest BCUT2D eigenvalue weighted by atomic mass is 10.1. The second-order valence-corrected chi connectivity index (χ2v) is 7.58. The van der Waals surface area contributed by atoms with Gasteiger partial charge in [0.05, 0.1) is 5.52 Å². The molecule has 2 heterocycles. The van der Waals surface area contributed by atoms with Crippen LogP contribution in [0.25, 0.3) is 21.5 Å². The molecule has 0 spiro atoms. The highest BCUT2D eigenvalue weighted by Gasteiger charge is 2.23. The minimum atomic E-state index is -0.737. The van der Waals surface area contributed by atoms with Gasteiger partial charge < -0.3 is 9.67 Å². The molecule has 0 aliphatic carbocycles. The molecule has 0 aliphatic rings. The summed E-state index contributed by atoms with van der Waals surface area (Å²) in [6.07, 6.45) is 0. The molecule has 0 bridgehead atoms. The summed E-state index contributed by atoms with van der Waals surface area (Å²) in [5.41, 5.74) is 0.474. The zero-order valence-corrected chi connectivity index (χ0v) is 16.8. The Morgan fingerprint density at radius 3 is 2.62 bits per heavy atom. The first-order chi connectivity index (χ1) is 14.0. The van der Waals surface area contributed by atoms with Gasteiger partial charge in [0.1, 0.15) is 16.3 Å². The number of halogens is 1. The van der Waals surface area contributed by atoms with Crippen molar-refractivity contribution in [3.05, 3.63) is 69.5 Å². The number of nitrogens with one attached hydrogen (secondary N) is 1. The Bertz CT molecular complexity index is 1280. The van der Waals surface area contributed by atoms with Crippen molar-refractivity contribution in [3.63, 3.8) is 0 Å². The van der Waals surface area contributed by atoms with Crippen LogP contribution in [0.15, 0.2) is 53.3 Å². The first-order valence-corrected chi connectivity index (χ1v) is 9.94. The van der Waals surface area contributed by atoms with E-state index in [2.05, 4.69) is 15.5 Å². The first kappa shape index (κ1) is 19.1. The Hall–Kier alpha value is -3.23. The number of aryl methyl sites for hydroxylation is 1. The van der Waals surface area contributed by atoms with E-state index in [0.29, 0.717) is 27.5 Å². The van der Waals surface area contributed by atoms with Crippen LogP contribution < -0.4 is 10.9 Å². The second-order valence-electron chi connectivity index (χ2n) is 6.16. The van der Waals surface area contributed by atoms with E-state index in [0.717, 1.165) is 16.9 Å². The average Bonchev–Trinajstić information content (AvgIpc) is 3.17. The molecule has 0 aliphatic heterocycles. The lowest BCUT2D eigenvalue weighted by molar-refractivity contribution is 0.102. The van der Waals surface area contributed by atoms with Gasteiger partial charge in [-0.25, -0.2) is 0 Å². The fourth-order valence-electron chi connectivity index (χ4n) is 3.05. The van der Waals surface area contributed by atoms with Gasteiger partial charge in [-0.2, -0.15) is 0 Å². The largest absolute Gasteiger partial charge is 0.506 e. The Balaban J connectivity index is 1.70. The highest BCUT2D eigenvalue weighted by atomic mass is 35.5. The van der Waals surface area contributed by atoms with Crippen molar-refractivity contribution in [2.45, 2.75) is 13.5 Å². The molecule has 2 aromatic heterocycles. The Kier molecular flexibility index (Phi) is 5.04. The Morgan fingerprint density at radius 1 is 1.17 bits per heavy atom. The fraction of sp³-hybridized carbons (Fsp3) is 0.100. The van der Waals surface area contributed by atoms with E-state index in [-0.39, 0.29) is 16.4 Å². The van der Waals surface area contributed by atoms with Gasteiger partial charge in [-0.3, -0.25) is 14.9 Å². The number of carbonyl (C=O) groups is 1. The molecule has 0 saturated heterocycles. The van der Waals surface area contributed by atoms with Gasteiger partial charge >= 0.3 is 0 Å². The van der Waals surface area contributed by atoms with Crippen molar-refractivity contribution >= 4 is 44.9 Å². The highest BCUT2D eigenvalue weighted by molar-refractivity contribution is 7.18. The zero-order valence-electron chi connectivity index (χ0n) is 15.2. The predicted octanol–water partition coefficient (Wildman–Crippen LogP) is 4.15. The van der Waals surface area contributed by atoms with Crippen LogP contribution in [0.2, 0.25) is 5.02 Å². The van der Waals surface area contributed by atoms with Crippen molar-refractivity contribution in [2.24, 2.45) is 0 Å². The summed E-state index contributed by atoms with van der Waals surface area (Å²) in [5, 5.41) is 23.0. The van der Waals surface area contributed by atoms with E-state index >= 15 is 0 Å². The van der Waals surface area contributed by atoms with Crippen molar-refractivity contribution in [3.8, 4) is 16.3 Å². The van der Waals surface area contributed by atoms with Crippen LogP contribution >= 0.6 is 22.9 Å². The van der Waals surface area contributed by atoms with Crippen LogP contribution in [0.5, 0.6) is 5.75 Å². The molecule has 146 valence electrons. The number of nitrogens with zero attached hydrogens (tertiary/aromatic N) is 3. The molecule has 0 unspecified atom stereocenters. The molecular formula is C20H15ClN4O3S. The maximum absolute atomic E-state index is 12.8. The number of hydrogen-bond acceptors (Lipinski definition) is 6. The van der Waals surface area contributed by atoms with Crippen LogP contribution in [0.1, 0.15) is 17.3 Å². The van der Waals surface area contributed by atoms with Gasteiger partial charge in [0, 0.05) is 22.5 Å². The molecule has 29 heavy (non-hydrogen) atoms. The van der Waals surface area contributed by atoms with E-state index in [1.165, 1.54) is 4.57 Å². The lowest BCUT2D eigenvalue weighted by Crippen LogP contribution is -2.29. The SMILES string of the molecule is CCn1c(=O)c(C(=O)Nc2nnc(-c3ccc(Cl)cc3)s2)c(O)c2ccccc21. The molecule has 4 aromatic rings. The minimum absolute atomic E-state index is 0.218. The van der Waals surface area contributed by atoms with Gasteiger partial charge in [-0.05, 0) is 31.2 Å². The number of aromatic nitrogens is 3. The van der Waals surface area contributed by atoms with Gasteiger partial charge in [-0.15, -0.1) is 10.2 Å². The second kappa shape index (κ2) is 7.65. The zero-order chi connectivity index (χ0) is 20.5. The van der Waals surface area contributed by atoms with Crippen LogP contribution in [-0.4, -0.2) is 25.8 Å². The van der Waals surface area contributed by atoms with E-state index in [9.17, 15) is 14.7 Å². The van der Waals surface area contributed by atoms with Crippen molar-refractivity contribution < 1.29 is 9.90 Å². The first-order valence-electron chi connectivity index (χ1n) is 8.75. The number of amides is 1. The number of rotatable bonds is 4. The number of aromatic hydroxyl groups is 1. The van der Waals surface area contributed by atoms with Crippen LogP contribution in [0.3, 0.4) is 0 Å². The number of para-hydroxylation sites is 1. The minimum Gasteiger partial charge on any atom is -0.506 e. The number of fused-ring (bicyclic) bond motifs is 1. The molecule has 1 amide bonds. The highest BCUT2D eigenvalue weighted by Crippen LogP contribution is 2.29. The lowest BCUT2D eigenvalue weighted by Gasteiger charge is -2.12. The maximum atomic E-state index is 12.8. The van der Waals surface area contributed by atoms with Crippen molar-refractivity contribution in [1.29, 1.82) is 0 Å². The molecule has 0 saturated carbocycles. The van der Waals surface area contributed by atoms with Gasteiger partial charge in [-0.1, -0.05) is 47.2 Å². The normalized spacial score (nSPS) is 11.0. The third-order valence-electron chi connectivity index (χ3n) is 4.43. The summed E-state index contributed by atoms with van der Waals surface area (Å²) in [5.74, 6) is -1.09. The summed E-state index contributed by atoms with van der Waals surface area (Å²) < 4.78 is 1.45. The van der Waals surface area contributed by atoms with Crippen molar-refractivity contribution in [1.82, 2.24) is 14.8 Å². The smallest absolute Gasteiger partial charge is 0.267 e. The summed E-state index contributed by atoms with van der Waals surface area (Å²) in [6.45, 7) is 2.16. The standard InChI is InChI=1S/C20H15ClN4O3S/c1-2-25-14-6-4-3-5-13(14)16(26)15(19(25)28)17(27)22-20-24-23-18(29-20)11-7-9-12(21)10-8-11/h3-10,26H,2H2,1H3,(H,22,24,27). The molecule has 0 atom stereocenters. The summed E-state index contributed by atoms with van der Waals surface area (Å²) in [4.78, 5) is 25.6. The molecule has 0 radical (unpaired) electrons. The quantitative estimate of drug-likeness (QED) is 0.511. The number of pyridine rings is 1. The van der Waals surface area contributed by atoms with Gasteiger partial charge in [0.25, 0.3) is 11.5 Å².